The Kier molecular flexibility index (Phi) is 11.8. The summed E-state index contributed by atoms with van der Waals surface area (Å²) in [4.78, 5) is 65.3. The van der Waals surface area contributed by atoms with Gasteiger partial charge in [-0.15, -0.1) is 0 Å². The Bertz CT molecular complexity index is 863. The van der Waals surface area contributed by atoms with Gasteiger partial charge >= 0.3 is 5.97 Å². The van der Waals surface area contributed by atoms with Crippen LogP contribution in [0.3, 0.4) is 0 Å². The Morgan fingerprint density at radius 2 is 1.69 bits per heavy atom. The summed E-state index contributed by atoms with van der Waals surface area (Å²) in [7, 11) is 0. The molecule has 0 saturated carbocycles. The highest BCUT2D eigenvalue weighted by molar-refractivity contribution is 8.00. The third kappa shape index (κ3) is 8.54. The van der Waals surface area contributed by atoms with Crippen LogP contribution in [0.4, 0.5) is 0 Å². The van der Waals surface area contributed by atoms with E-state index in [9.17, 15) is 24.0 Å². The predicted octanol–water partition coefficient (Wildman–Crippen LogP) is 1.66. The largest absolute Gasteiger partial charge is 0.457 e. The Balaban J connectivity index is 2.44. The molecule has 0 aromatic heterocycles. The van der Waals surface area contributed by atoms with Gasteiger partial charge in [0, 0.05) is 17.4 Å². The van der Waals surface area contributed by atoms with Crippen molar-refractivity contribution in [1.82, 2.24) is 16.0 Å². The van der Waals surface area contributed by atoms with E-state index < -0.39 is 53.8 Å². The first-order chi connectivity index (χ1) is 16.9. The summed E-state index contributed by atoms with van der Waals surface area (Å²) < 4.78 is 5.71. The van der Waals surface area contributed by atoms with E-state index in [-0.39, 0.29) is 41.5 Å². The molecule has 3 amide bonds. The fourth-order valence-electron chi connectivity index (χ4n) is 4.10. The Labute approximate surface area is 223 Å². The van der Waals surface area contributed by atoms with E-state index in [1.807, 2.05) is 20.8 Å². The van der Waals surface area contributed by atoms with Gasteiger partial charge in [0.05, 0.1) is 18.4 Å². The van der Waals surface area contributed by atoms with Gasteiger partial charge in [-0.1, -0.05) is 40.7 Å². The van der Waals surface area contributed by atoms with Crippen LogP contribution in [-0.2, 0) is 28.7 Å². The van der Waals surface area contributed by atoms with Gasteiger partial charge in [-0.2, -0.15) is 24.4 Å². The number of carbonyl (C=O) groups is 5. The molecule has 2 rings (SSSR count). The van der Waals surface area contributed by atoms with Crippen LogP contribution in [0.2, 0.25) is 0 Å². The van der Waals surface area contributed by atoms with Gasteiger partial charge in [-0.05, 0) is 30.1 Å². The van der Waals surface area contributed by atoms with Crippen molar-refractivity contribution in [3.63, 3.8) is 0 Å². The van der Waals surface area contributed by atoms with E-state index >= 15 is 0 Å². The van der Waals surface area contributed by atoms with Gasteiger partial charge in [-0.25, -0.2) is 0 Å². The Morgan fingerprint density at radius 3 is 2.31 bits per heavy atom. The van der Waals surface area contributed by atoms with Crippen LogP contribution in [0.1, 0.15) is 53.9 Å². The molecule has 0 aromatic rings. The second-order valence-electron chi connectivity index (χ2n) is 10.0. The number of hydrogen-bond acceptors (Lipinski definition) is 8. The molecule has 11 heteroatoms. The zero-order valence-electron chi connectivity index (χ0n) is 21.6. The lowest BCUT2D eigenvalue weighted by molar-refractivity contribution is -0.156. The van der Waals surface area contributed by atoms with Crippen molar-refractivity contribution in [3.8, 4) is 0 Å². The molecule has 6 atom stereocenters. The van der Waals surface area contributed by atoms with Crippen LogP contribution in [0.5, 0.6) is 0 Å². The minimum atomic E-state index is -0.887. The average molecular weight is 542 g/mol. The number of esters is 1. The number of allylic oxidation sites excluding steroid dienone is 1. The summed E-state index contributed by atoms with van der Waals surface area (Å²) in [5.41, 5.74) is 0. The summed E-state index contributed by atoms with van der Waals surface area (Å²) in [6.45, 7) is 9.09. The molecule has 0 radical (unpaired) electrons. The number of rotatable bonds is 5. The monoisotopic (exact) mass is 541 g/mol. The first-order valence-electron chi connectivity index (χ1n) is 12.5. The van der Waals surface area contributed by atoms with E-state index in [0.29, 0.717) is 12.2 Å². The van der Waals surface area contributed by atoms with Crippen molar-refractivity contribution < 1.29 is 28.7 Å². The number of thioether (sulfide) groups is 1. The normalized spacial score (nSPS) is 31.3. The molecule has 2 bridgehead atoms. The number of carbonyl (C=O) groups excluding carboxylic acids is 5. The molecule has 3 N–H and O–H groups in total. The number of Topliss-reactive ketones (excluding diaryl/α,β-unsaturated/α-hetero) is 1. The highest BCUT2D eigenvalue weighted by Crippen LogP contribution is 2.25. The quantitative estimate of drug-likeness (QED) is 0.237. The van der Waals surface area contributed by atoms with Crippen LogP contribution in [0, 0.1) is 17.8 Å². The van der Waals surface area contributed by atoms with E-state index in [1.165, 1.54) is 11.8 Å². The van der Waals surface area contributed by atoms with Crippen LogP contribution in [-0.4, -0.2) is 70.5 Å². The lowest BCUT2D eigenvalue weighted by Gasteiger charge is -2.27. The predicted molar refractivity (Wildman–Crippen MR) is 143 cm³/mol. The number of hydrogen-bond donors (Lipinski definition) is 4. The van der Waals surface area contributed by atoms with Crippen molar-refractivity contribution >= 4 is 53.9 Å². The molecule has 2 aliphatic heterocycles. The van der Waals surface area contributed by atoms with Crippen molar-refractivity contribution in [3.05, 3.63) is 12.2 Å². The molecule has 2 aliphatic rings. The lowest BCUT2D eigenvalue weighted by atomic mass is 9.88. The summed E-state index contributed by atoms with van der Waals surface area (Å²) in [5, 5.41) is 8.00. The van der Waals surface area contributed by atoms with E-state index in [1.54, 1.807) is 26.0 Å². The van der Waals surface area contributed by atoms with E-state index in [0.717, 1.165) is 0 Å². The van der Waals surface area contributed by atoms with Gasteiger partial charge < -0.3 is 20.7 Å². The molecule has 9 nitrogen and oxygen atoms in total. The van der Waals surface area contributed by atoms with Gasteiger partial charge in [-0.3, -0.25) is 24.0 Å². The van der Waals surface area contributed by atoms with Crippen LogP contribution >= 0.6 is 24.4 Å². The molecule has 0 aromatic carbocycles. The molecule has 0 aliphatic carbocycles. The molecule has 2 unspecified atom stereocenters. The first-order valence-corrected chi connectivity index (χ1v) is 14.1. The molecule has 202 valence electrons. The molecule has 2 heterocycles. The molecule has 2 fully saturated rings. The number of ether oxygens (including phenoxy) is 1. The minimum absolute atomic E-state index is 0.0991. The maximum absolute atomic E-state index is 13.3. The number of amides is 3. The second-order valence-corrected chi connectivity index (χ2v) is 11.9. The summed E-state index contributed by atoms with van der Waals surface area (Å²) in [6, 6.07) is -2.53. The maximum atomic E-state index is 13.3. The van der Waals surface area contributed by atoms with Crippen LogP contribution < -0.4 is 16.0 Å². The summed E-state index contributed by atoms with van der Waals surface area (Å²) >= 11 is 5.58. The number of thiol groups is 1. The van der Waals surface area contributed by atoms with Crippen molar-refractivity contribution in [2.45, 2.75) is 83.4 Å². The number of fused-ring (bicyclic) bond motifs is 3. The summed E-state index contributed by atoms with van der Waals surface area (Å²) in [6.07, 6.45) is 2.93. The Hall–Kier alpha value is -2.01. The van der Waals surface area contributed by atoms with Crippen molar-refractivity contribution in [1.29, 1.82) is 0 Å². The SMILES string of the molecule is CC1SC[C@H]2NC(=O)[C@@H](C(C)C)NC(=O)C[C@@H](/C=C/CCS)OC(=O)[C@H](C(C)C)CC(=O)C1NC2=O. The van der Waals surface area contributed by atoms with Crippen molar-refractivity contribution in [2.75, 3.05) is 11.5 Å². The van der Waals surface area contributed by atoms with Gasteiger partial charge in [0.2, 0.25) is 17.7 Å². The van der Waals surface area contributed by atoms with Crippen LogP contribution in [0.15, 0.2) is 12.2 Å². The van der Waals surface area contributed by atoms with Gasteiger partial charge in [0.25, 0.3) is 0 Å². The number of nitrogens with one attached hydrogen (secondary N) is 3. The average Bonchev–Trinajstić information content (AvgIpc) is 2.93. The third-order valence-electron chi connectivity index (χ3n) is 6.37. The van der Waals surface area contributed by atoms with Crippen molar-refractivity contribution in [2.24, 2.45) is 17.8 Å². The molecular weight excluding hydrogens is 502 g/mol. The molecular formula is C25H39N3O6S2. The highest BCUT2D eigenvalue weighted by Gasteiger charge is 2.39. The number of ketones is 1. The van der Waals surface area contributed by atoms with E-state index in [4.69, 9.17) is 4.74 Å². The topological polar surface area (TPSA) is 131 Å². The third-order valence-corrected chi connectivity index (χ3v) is 7.95. The standard InChI is InChI=1S/C25H39N3O6S2/c1-13(2)17-11-19(29)22-15(5)36-12-18(23(31)28-22)26-24(32)21(14(3)4)27-20(30)10-16(34-25(17)33)8-6-7-9-35/h6,8,13-18,21-22,35H,7,9-12H2,1-5H3,(H,26,32)(H,27,30)(H,28,31)/b8-6+/t15?,16-,17+,18-,21-,22?/m1/s1. The highest BCUT2D eigenvalue weighted by atomic mass is 32.2. The molecule has 0 spiro atoms. The van der Waals surface area contributed by atoms with Gasteiger partial charge in [0.1, 0.15) is 18.2 Å². The van der Waals surface area contributed by atoms with Gasteiger partial charge in [0.15, 0.2) is 5.78 Å². The van der Waals surface area contributed by atoms with Crippen LogP contribution in [0.25, 0.3) is 0 Å². The fraction of sp³-hybridized carbons (Fsp3) is 0.720. The minimum Gasteiger partial charge on any atom is -0.457 e. The van der Waals surface area contributed by atoms with E-state index in [2.05, 4.69) is 28.6 Å². The maximum Gasteiger partial charge on any atom is 0.310 e. The fourth-order valence-corrected chi connectivity index (χ4v) is 5.39. The Morgan fingerprint density at radius 1 is 1.00 bits per heavy atom. The first kappa shape index (κ1) is 30.2. The second kappa shape index (κ2) is 14.1. The molecule has 2 saturated heterocycles. The smallest absolute Gasteiger partial charge is 0.310 e. The summed E-state index contributed by atoms with van der Waals surface area (Å²) in [5.74, 6) is -2.55. The zero-order chi connectivity index (χ0) is 27.0. The lowest BCUT2D eigenvalue weighted by Crippen LogP contribution is -2.57. The zero-order valence-corrected chi connectivity index (χ0v) is 23.3. The number of cyclic esters (lactones) is 1. The molecule has 36 heavy (non-hydrogen) atoms.